The summed E-state index contributed by atoms with van der Waals surface area (Å²) in [6.45, 7) is 15.3. The molecule has 0 atom stereocenters. The lowest BCUT2D eigenvalue weighted by atomic mass is 10.3. The van der Waals surface area contributed by atoms with Crippen LogP contribution in [-0.4, -0.2) is 164 Å². The van der Waals surface area contributed by atoms with Crippen molar-refractivity contribution in [3.8, 4) is 0 Å². The fourth-order valence-electron chi connectivity index (χ4n) is 3.75. The van der Waals surface area contributed by atoms with Gasteiger partial charge in [-0.3, -0.25) is 19.5 Å². The van der Waals surface area contributed by atoms with Gasteiger partial charge in [-0.15, -0.1) is 0 Å². The topological polar surface area (TPSA) is 108 Å². The Balaban J connectivity index is 1.81. The van der Waals surface area contributed by atoms with Crippen LogP contribution < -0.4 is 10.6 Å². The minimum Gasteiger partial charge on any atom is -0.480 e. The first-order chi connectivity index (χ1) is 16.2. The third kappa shape index (κ3) is 15.6. The summed E-state index contributed by atoms with van der Waals surface area (Å²) >= 11 is 0. The highest BCUT2D eigenvalue weighted by atomic mass is 16.6. The summed E-state index contributed by atoms with van der Waals surface area (Å²) < 4.78 is 22.5. The van der Waals surface area contributed by atoms with Crippen LogP contribution in [-0.2, 0) is 23.7 Å². The highest BCUT2D eigenvalue weighted by Gasteiger charge is 2.14. The molecule has 2 aliphatic rings. The number of nitrogens with one attached hydrogen (secondary N) is 2. The molecule has 0 radical (unpaired) electrons. The smallest absolute Gasteiger partial charge is 0.317 e. The zero-order valence-electron chi connectivity index (χ0n) is 20.2. The second kappa shape index (κ2) is 19.4. The van der Waals surface area contributed by atoms with Crippen molar-refractivity contribution in [1.29, 1.82) is 0 Å². The molecule has 0 aromatic carbocycles. The van der Waals surface area contributed by atoms with Gasteiger partial charge >= 0.3 is 5.97 Å². The predicted molar refractivity (Wildman–Crippen MR) is 126 cm³/mol. The van der Waals surface area contributed by atoms with Gasteiger partial charge in [0.1, 0.15) is 0 Å². The summed E-state index contributed by atoms with van der Waals surface area (Å²) in [6, 6.07) is 0. The van der Waals surface area contributed by atoms with Crippen molar-refractivity contribution < 1.29 is 28.8 Å². The summed E-state index contributed by atoms with van der Waals surface area (Å²) in [6.07, 6.45) is 0. The average Bonchev–Trinajstić information content (AvgIpc) is 2.80. The molecular formula is C22H45N5O6. The van der Waals surface area contributed by atoms with E-state index in [-0.39, 0.29) is 6.54 Å². The molecule has 11 nitrogen and oxygen atoms in total. The molecule has 194 valence electrons. The molecule has 2 heterocycles. The lowest BCUT2D eigenvalue weighted by Crippen LogP contribution is -2.46. The molecule has 33 heavy (non-hydrogen) atoms. The fourth-order valence-corrected chi connectivity index (χ4v) is 3.75. The van der Waals surface area contributed by atoms with Crippen LogP contribution in [0.15, 0.2) is 0 Å². The Morgan fingerprint density at radius 3 is 1.52 bits per heavy atom. The normalized spacial score (nSPS) is 24.1. The van der Waals surface area contributed by atoms with E-state index in [1.54, 1.807) is 0 Å². The van der Waals surface area contributed by atoms with Gasteiger partial charge in [-0.1, -0.05) is 0 Å². The van der Waals surface area contributed by atoms with Gasteiger partial charge in [0.2, 0.25) is 0 Å². The molecular weight excluding hydrogens is 430 g/mol. The first-order valence-electron chi connectivity index (χ1n) is 12.4. The SMILES string of the molecule is O=C(O)CN1CCNCCNCCN(CCN2CCOCCOCCOCCOCC2)CC1. The number of hydrogen-bond acceptors (Lipinski definition) is 10. The van der Waals surface area contributed by atoms with E-state index in [2.05, 4.69) is 20.4 Å². The summed E-state index contributed by atoms with van der Waals surface area (Å²) in [5.74, 6) is -0.771. The Labute approximate surface area is 198 Å². The van der Waals surface area contributed by atoms with Crippen LogP contribution in [0, 0.1) is 0 Å². The number of carboxylic acids is 1. The van der Waals surface area contributed by atoms with E-state index in [1.807, 2.05) is 4.90 Å². The van der Waals surface area contributed by atoms with E-state index in [9.17, 15) is 9.90 Å². The first-order valence-corrected chi connectivity index (χ1v) is 12.4. The molecule has 2 fully saturated rings. The predicted octanol–water partition coefficient (Wildman–Crippen LogP) is -1.75. The van der Waals surface area contributed by atoms with Gasteiger partial charge in [-0.2, -0.15) is 0 Å². The van der Waals surface area contributed by atoms with E-state index < -0.39 is 5.97 Å². The number of rotatable bonds is 5. The minimum absolute atomic E-state index is 0.0853. The molecule has 11 heteroatoms. The largest absolute Gasteiger partial charge is 0.480 e. The number of carbonyl (C=O) groups is 1. The number of ether oxygens (including phenoxy) is 4. The van der Waals surface area contributed by atoms with E-state index >= 15 is 0 Å². The molecule has 0 saturated carbocycles. The summed E-state index contributed by atoms with van der Waals surface area (Å²) in [7, 11) is 0. The second-order valence-electron chi connectivity index (χ2n) is 8.30. The van der Waals surface area contributed by atoms with Crippen molar-refractivity contribution in [3.05, 3.63) is 0 Å². The van der Waals surface area contributed by atoms with Crippen molar-refractivity contribution >= 4 is 5.97 Å². The highest BCUT2D eigenvalue weighted by molar-refractivity contribution is 5.69. The molecule has 3 N–H and O–H groups in total. The fraction of sp³-hybridized carbons (Fsp3) is 0.955. The van der Waals surface area contributed by atoms with E-state index in [4.69, 9.17) is 18.9 Å². The Hall–Kier alpha value is -0.890. The Bertz CT molecular complexity index is 474. The maximum absolute atomic E-state index is 11.2. The minimum atomic E-state index is -0.771. The maximum Gasteiger partial charge on any atom is 0.317 e. The molecule has 2 aliphatic heterocycles. The van der Waals surface area contributed by atoms with Gasteiger partial charge in [0.05, 0.1) is 59.4 Å². The Kier molecular flexibility index (Phi) is 16.7. The molecule has 0 aliphatic carbocycles. The van der Waals surface area contributed by atoms with Gasteiger partial charge in [0.25, 0.3) is 0 Å². The third-order valence-electron chi connectivity index (χ3n) is 5.73. The molecule has 0 aromatic heterocycles. The molecule has 0 spiro atoms. The summed E-state index contributed by atoms with van der Waals surface area (Å²) in [5.41, 5.74) is 0. The van der Waals surface area contributed by atoms with Crippen LogP contribution in [0.1, 0.15) is 0 Å². The Morgan fingerprint density at radius 2 is 1.00 bits per heavy atom. The molecule has 0 bridgehead atoms. The number of carboxylic acid groups (broad SMARTS) is 1. The van der Waals surface area contributed by atoms with Gasteiger partial charge < -0.3 is 34.7 Å². The summed E-state index contributed by atoms with van der Waals surface area (Å²) in [4.78, 5) is 18.1. The van der Waals surface area contributed by atoms with Gasteiger partial charge in [-0.25, -0.2) is 0 Å². The van der Waals surface area contributed by atoms with Gasteiger partial charge in [-0.05, 0) is 0 Å². The van der Waals surface area contributed by atoms with Crippen molar-refractivity contribution in [2.45, 2.75) is 0 Å². The molecule has 2 rings (SSSR count). The summed E-state index contributed by atoms with van der Waals surface area (Å²) in [5, 5.41) is 16.1. The maximum atomic E-state index is 11.2. The van der Waals surface area contributed by atoms with Crippen molar-refractivity contribution in [2.24, 2.45) is 0 Å². The average molecular weight is 476 g/mol. The van der Waals surface area contributed by atoms with Crippen LogP contribution in [0.5, 0.6) is 0 Å². The lowest BCUT2D eigenvalue weighted by molar-refractivity contribution is -0.138. The van der Waals surface area contributed by atoms with Crippen molar-refractivity contribution in [2.75, 3.05) is 138 Å². The third-order valence-corrected chi connectivity index (χ3v) is 5.73. The van der Waals surface area contributed by atoms with Crippen LogP contribution in [0.4, 0.5) is 0 Å². The Morgan fingerprint density at radius 1 is 0.576 bits per heavy atom. The van der Waals surface area contributed by atoms with Gasteiger partial charge in [0, 0.05) is 78.5 Å². The van der Waals surface area contributed by atoms with E-state index in [0.717, 1.165) is 78.5 Å². The number of nitrogens with zero attached hydrogens (tertiary/aromatic N) is 3. The van der Waals surface area contributed by atoms with Crippen molar-refractivity contribution in [1.82, 2.24) is 25.3 Å². The monoisotopic (exact) mass is 475 g/mol. The van der Waals surface area contributed by atoms with Crippen LogP contribution in [0.3, 0.4) is 0 Å². The van der Waals surface area contributed by atoms with Crippen LogP contribution in [0.25, 0.3) is 0 Å². The van der Waals surface area contributed by atoms with Gasteiger partial charge in [0.15, 0.2) is 0 Å². The highest BCUT2D eigenvalue weighted by Crippen LogP contribution is 1.98. The molecule has 0 unspecified atom stereocenters. The standard InChI is InChI=1S/C22H45N5O6/c28-22(29)21-27-6-4-24-2-1-23-3-5-25(9-10-27)7-8-26-11-13-30-15-17-32-19-20-33-18-16-31-14-12-26/h23-24H,1-21H2,(H,28,29). The zero-order valence-corrected chi connectivity index (χ0v) is 20.2. The second-order valence-corrected chi connectivity index (χ2v) is 8.30. The van der Waals surface area contributed by atoms with Crippen molar-refractivity contribution in [3.63, 3.8) is 0 Å². The zero-order chi connectivity index (χ0) is 23.4. The van der Waals surface area contributed by atoms with E-state index in [1.165, 1.54) is 0 Å². The lowest BCUT2D eigenvalue weighted by Gasteiger charge is -2.30. The first kappa shape index (κ1) is 28.3. The molecule has 0 amide bonds. The van der Waals surface area contributed by atoms with E-state index in [0.29, 0.717) is 52.9 Å². The quantitative estimate of drug-likeness (QED) is 0.421. The number of hydrogen-bond donors (Lipinski definition) is 3. The van der Waals surface area contributed by atoms with Crippen LogP contribution in [0.2, 0.25) is 0 Å². The number of aliphatic carboxylic acids is 1. The van der Waals surface area contributed by atoms with Crippen LogP contribution >= 0.6 is 0 Å². The molecule has 0 aromatic rings. The molecule has 2 saturated heterocycles.